The Hall–Kier alpha value is -1.71. The highest BCUT2D eigenvalue weighted by atomic mass is 14.9. The third-order valence-corrected chi connectivity index (χ3v) is 1.62. The van der Waals surface area contributed by atoms with Crippen molar-refractivity contribution in [3.8, 4) is 0 Å². The molecule has 0 bridgehead atoms. The van der Waals surface area contributed by atoms with Gasteiger partial charge in [0.05, 0.1) is 0 Å². The number of hydrogen-bond donors (Lipinski definition) is 1. The minimum atomic E-state index is 0.661. The van der Waals surface area contributed by atoms with E-state index in [1.165, 1.54) is 6.33 Å². The van der Waals surface area contributed by atoms with Gasteiger partial charge >= 0.3 is 0 Å². The lowest BCUT2D eigenvalue weighted by Gasteiger charge is -1.95. The van der Waals surface area contributed by atoms with E-state index in [1.54, 1.807) is 12.3 Å². The number of aryl methyl sites for hydroxylation is 1. The minimum Gasteiger partial charge on any atom is -0.402 e. The van der Waals surface area contributed by atoms with Crippen molar-refractivity contribution in [1.82, 2.24) is 9.97 Å². The van der Waals surface area contributed by atoms with Crippen molar-refractivity contribution < 1.29 is 0 Å². The average molecular weight is 190 g/mol. The summed E-state index contributed by atoms with van der Waals surface area (Å²) in [6.45, 7) is 3.85. The molecule has 0 aliphatic heterocycles. The summed E-state index contributed by atoms with van der Waals surface area (Å²) in [6, 6.07) is 1.86. The summed E-state index contributed by atoms with van der Waals surface area (Å²) < 4.78 is 0. The van der Waals surface area contributed by atoms with Crippen LogP contribution in [0.4, 0.5) is 5.82 Å². The number of hydrogen-bond acceptors (Lipinski definition) is 4. The molecule has 1 heterocycles. The van der Waals surface area contributed by atoms with E-state index in [2.05, 4.69) is 15.0 Å². The van der Waals surface area contributed by atoms with Crippen LogP contribution in [0.15, 0.2) is 29.2 Å². The van der Waals surface area contributed by atoms with Gasteiger partial charge in [-0.25, -0.2) is 15.0 Å². The first-order valence-electron chi connectivity index (χ1n) is 4.49. The van der Waals surface area contributed by atoms with Crippen LogP contribution in [0.25, 0.3) is 0 Å². The topological polar surface area (TPSA) is 64.2 Å². The van der Waals surface area contributed by atoms with Crippen LogP contribution < -0.4 is 5.73 Å². The molecule has 0 aromatic carbocycles. The lowest BCUT2D eigenvalue weighted by Crippen LogP contribution is -1.90. The van der Waals surface area contributed by atoms with E-state index in [0.29, 0.717) is 5.82 Å². The van der Waals surface area contributed by atoms with Crippen LogP contribution >= 0.6 is 0 Å². The van der Waals surface area contributed by atoms with Gasteiger partial charge in [-0.2, -0.15) is 0 Å². The van der Waals surface area contributed by atoms with Crippen molar-refractivity contribution in [3.63, 3.8) is 0 Å². The third-order valence-electron chi connectivity index (χ3n) is 1.62. The van der Waals surface area contributed by atoms with E-state index in [1.807, 2.05) is 19.9 Å². The zero-order chi connectivity index (χ0) is 10.4. The molecule has 0 radical (unpaired) electrons. The van der Waals surface area contributed by atoms with Crippen LogP contribution in [0.2, 0.25) is 0 Å². The van der Waals surface area contributed by atoms with Crippen LogP contribution in [0.5, 0.6) is 0 Å². The van der Waals surface area contributed by atoms with Crippen LogP contribution in [0.3, 0.4) is 0 Å². The summed E-state index contributed by atoms with van der Waals surface area (Å²) in [5.74, 6) is 0.661. The fourth-order valence-electron chi connectivity index (χ4n) is 0.881. The van der Waals surface area contributed by atoms with Crippen molar-refractivity contribution in [2.45, 2.75) is 20.3 Å². The predicted molar refractivity (Wildman–Crippen MR) is 57.5 cm³/mol. The van der Waals surface area contributed by atoms with Gasteiger partial charge in [0.15, 0.2) is 5.82 Å². The highest BCUT2D eigenvalue weighted by Crippen LogP contribution is 2.07. The summed E-state index contributed by atoms with van der Waals surface area (Å²) in [6.07, 6.45) is 5.77. The summed E-state index contributed by atoms with van der Waals surface area (Å²) in [7, 11) is 0. The normalized spacial score (nSPS) is 12.3. The highest BCUT2D eigenvalue weighted by Gasteiger charge is 1.92. The van der Waals surface area contributed by atoms with Crippen molar-refractivity contribution in [1.29, 1.82) is 0 Å². The number of nitrogens with two attached hydrogens (primary N) is 1. The van der Waals surface area contributed by atoms with E-state index in [4.69, 9.17) is 5.73 Å². The van der Waals surface area contributed by atoms with E-state index in [0.717, 1.165) is 17.8 Å². The minimum absolute atomic E-state index is 0.661. The number of aromatic nitrogens is 2. The van der Waals surface area contributed by atoms with Crippen LogP contribution in [0, 0.1) is 0 Å². The summed E-state index contributed by atoms with van der Waals surface area (Å²) in [5.41, 5.74) is 7.16. The molecule has 0 saturated carbocycles. The zero-order valence-electron chi connectivity index (χ0n) is 8.44. The molecule has 0 spiro atoms. The Bertz CT molecular complexity index is 351. The maximum atomic E-state index is 5.45. The summed E-state index contributed by atoms with van der Waals surface area (Å²) >= 11 is 0. The van der Waals surface area contributed by atoms with E-state index in [9.17, 15) is 0 Å². The molecule has 0 aliphatic rings. The standard InChI is InChI=1S/C10H14N4/c1-3-9-6-10(14-7-13-9)12-5-4-8(2)11/h4-7H,3,11H2,1-2H3. The van der Waals surface area contributed by atoms with Crippen molar-refractivity contribution in [2.75, 3.05) is 0 Å². The molecule has 0 amide bonds. The van der Waals surface area contributed by atoms with Crippen LogP contribution in [0.1, 0.15) is 19.5 Å². The number of rotatable bonds is 3. The first-order chi connectivity index (χ1) is 6.72. The maximum Gasteiger partial charge on any atom is 0.155 e. The second kappa shape index (κ2) is 5.11. The quantitative estimate of drug-likeness (QED) is 0.736. The maximum absolute atomic E-state index is 5.45. The van der Waals surface area contributed by atoms with Gasteiger partial charge in [0.1, 0.15) is 6.33 Å². The number of allylic oxidation sites excluding steroid dienone is 2. The number of nitrogens with zero attached hydrogens (tertiary/aromatic N) is 3. The average Bonchev–Trinajstić information content (AvgIpc) is 2.18. The highest BCUT2D eigenvalue weighted by molar-refractivity contribution is 5.74. The Labute approximate surface area is 83.6 Å². The molecule has 0 fully saturated rings. The zero-order valence-corrected chi connectivity index (χ0v) is 8.44. The van der Waals surface area contributed by atoms with Crippen LogP contribution in [-0.4, -0.2) is 16.2 Å². The second-order valence-electron chi connectivity index (χ2n) is 2.91. The van der Waals surface area contributed by atoms with Gasteiger partial charge in [-0.15, -0.1) is 0 Å². The van der Waals surface area contributed by atoms with E-state index >= 15 is 0 Å². The molecule has 4 heteroatoms. The molecule has 74 valence electrons. The van der Waals surface area contributed by atoms with Gasteiger partial charge in [-0.05, 0) is 19.4 Å². The van der Waals surface area contributed by atoms with Crippen molar-refractivity contribution in [3.05, 3.63) is 29.9 Å². The van der Waals surface area contributed by atoms with Crippen molar-refractivity contribution >= 4 is 12.0 Å². The molecule has 0 saturated heterocycles. The van der Waals surface area contributed by atoms with E-state index in [-0.39, 0.29) is 0 Å². The molecule has 0 unspecified atom stereocenters. The molecule has 2 N–H and O–H groups in total. The largest absolute Gasteiger partial charge is 0.402 e. The van der Waals surface area contributed by atoms with Gasteiger partial charge in [0, 0.05) is 23.7 Å². The predicted octanol–water partition coefficient (Wildman–Crippen LogP) is 1.60. The Morgan fingerprint density at radius 1 is 1.57 bits per heavy atom. The van der Waals surface area contributed by atoms with Gasteiger partial charge < -0.3 is 5.73 Å². The smallest absolute Gasteiger partial charge is 0.155 e. The molecule has 0 atom stereocenters. The lowest BCUT2D eigenvalue weighted by atomic mass is 10.3. The fraction of sp³-hybridized carbons (Fsp3) is 0.300. The molecular formula is C10H14N4. The molecule has 1 aromatic heterocycles. The first-order valence-corrected chi connectivity index (χ1v) is 4.49. The third kappa shape index (κ3) is 3.35. The van der Waals surface area contributed by atoms with E-state index < -0.39 is 0 Å². The second-order valence-corrected chi connectivity index (χ2v) is 2.91. The van der Waals surface area contributed by atoms with Crippen LogP contribution in [-0.2, 0) is 6.42 Å². The Morgan fingerprint density at radius 3 is 3.00 bits per heavy atom. The first kappa shape index (κ1) is 10.4. The molecule has 0 aliphatic carbocycles. The molecule has 1 aromatic rings. The summed E-state index contributed by atoms with van der Waals surface area (Å²) in [5, 5.41) is 0. The monoisotopic (exact) mass is 190 g/mol. The Morgan fingerprint density at radius 2 is 2.36 bits per heavy atom. The van der Waals surface area contributed by atoms with Gasteiger partial charge in [0.2, 0.25) is 0 Å². The molecule has 1 rings (SSSR count). The van der Waals surface area contributed by atoms with Crippen molar-refractivity contribution in [2.24, 2.45) is 10.7 Å². The van der Waals surface area contributed by atoms with Gasteiger partial charge in [-0.3, -0.25) is 0 Å². The Balaban J connectivity index is 2.76. The summed E-state index contributed by atoms with van der Waals surface area (Å²) in [4.78, 5) is 12.2. The SMILES string of the molecule is CCc1cc(N=CC=C(C)N)ncn1. The molecule has 4 nitrogen and oxygen atoms in total. The lowest BCUT2D eigenvalue weighted by molar-refractivity contribution is 0.996. The van der Waals surface area contributed by atoms with Gasteiger partial charge in [0.25, 0.3) is 0 Å². The Kier molecular flexibility index (Phi) is 3.79. The van der Waals surface area contributed by atoms with Gasteiger partial charge in [-0.1, -0.05) is 6.92 Å². The molecule has 14 heavy (non-hydrogen) atoms. The molecular weight excluding hydrogens is 176 g/mol. The number of aliphatic imine (C=N–C) groups is 1. The fourth-order valence-corrected chi connectivity index (χ4v) is 0.881.